The Morgan fingerprint density at radius 1 is 1.07 bits per heavy atom. The number of rotatable bonds is 9. The molecule has 0 radical (unpaired) electrons. The highest BCUT2D eigenvalue weighted by Gasteiger charge is 2.13. The molecule has 0 saturated carbocycles. The Balaban J connectivity index is 1.96. The van der Waals surface area contributed by atoms with E-state index >= 15 is 0 Å². The molecule has 0 amide bonds. The Hall–Kier alpha value is -3.18. The third-order valence-corrected chi connectivity index (χ3v) is 5.56. The van der Waals surface area contributed by atoms with Gasteiger partial charge in [0.25, 0.3) is 0 Å². The molecule has 142 valence electrons. The number of nitrogens with zero attached hydrogens (tertiary/aromatic N) is 1. The second-order valence-electron chi connectivity index (χ2n) is 6.25. The predicted octanol–water partition coefficient (Wildman–Crippen LogP) is 4.83. The van der Waals surface area contributed by atoms with Gasteiger partial charge < -0.3 is 10.2 Å². The Bertz CT molecular complexity index is 1100. The van der Waals surface area contributed by atoms with Crippen LogP contribution in [0.15, 0.2) is 78.8 Å². The highest BCUT2D eigenvalue weighted by molar-refractivity contribution is 7.25. The summed E-state index contributed by atoms with van der Waals surface area (Å²) in [4.78, 5) is 26.7. The SMILES string of the molecule is C=CCN(C=CCNc1ccc(C=O)c2sc3ccccc3c(=O)c12)CC=C. The van der Waals surface area contributed by atoms with Crippen LogP contribution in [0.25, 0.3) is 20.2 Å². The summed E-state index contributed by atoms with van der Waals surface area (Å²) in [5, 5.41) is 4.55. The number of aldehydes is 1. The molecular weight excluding hydrogens is 368 g/mol. The maximum absolute atomic E-state index is 13.1. The van der Waals surface area contributed by atoms with E-state index in [4.69, 9.17) is 0 Å². The summed E-state index contributed by atoms with van der Waals surface area (Å²) >= 11 is 1.47. The minimum atomic E-state index is -0.0560. The lowest BCUT2D eigenvalue weighted by atomic mass is 10.1. The predicted molar refractivity (Wildman–Crippen MR) is 121 cm³/mol. The standard InChI is InChI=1S/C23H22N2O2S/c1-3-13-25(14-4-2)15-7-12-24-19-11-10-17(16-26)23-21(19)22(27)18-8-5-6-9-20(18)28-23/h3-11,15-16,24H,1-2,12-14H2. The fourth-order valence-electron chi connectivity index (χ4n) is 3.06. The Morgan fingerprint density at radius 2 is 1.82 bits per heavy atom. The van der Waals surface area contributed by atoms with Crippen molar-refractivity contribution in [3.05, 3.63) is 89.8 Å². The van der Waals surface area contributed by atoms with Crippen molar-refractivity contribution in [1.82, 2.24) is 4.90 Å². The summed E-state index contributed by atoms with van der Waals surface area (Å²) in [6.07, 6.45) is 8.45. The van der Waals surface area contributed by atoms with E-state index in [0.717, 1.165) is 29.8 Å². The zero-order chi connectivity index (χ0) is 19.9. The number of fused-ring (bicyclic) bond motifs is 2. The molecule has 28 heavy (non-hydrogen) atoms. The largest absolute Gasteiger partial charge is 0.381 e. The Labute approximate surface area is 168 Å². The van der Waals surface area contributed by atoms with E-state index in [1.54, 1.807) is 12.1 Å². The summed E-state index contributed by atoms with van der Waals surface area (Å²) in [6.45, 7) is 9.53. The van der Waals surface area contributed by atoms with Gasteiger partial charge in [0.1, 0.15) is 0 Å². The summed E-state index contributed by atoms with van der Waals surface area (Å²) in [7, 11) is 0. The molecule has 1 aromatic heterocycles. The maximum Gasteiger partial charge on any atom is 0.197 e. The van der Waals surface area contributed by atoms with Crippen LogP contribution in [-0.2, 0) is 0 Å². The van der Waals surface area contributed by atoms with Gasteiger partial charge in [0.2, 0.25) is 0 Å². The van der Waals surface area contributed by atoms with Gasteiger partial charge in [0.15, 0.2) is 11.7 Å². The number of benzene rings is 2. The number of anilines is 1. The molecule has 0 saturated heterocycles. The third-order valence-electron chi connectivity index (χ3n) is 4.34. The summed E-state index contributed by atoms with van der Waals surface area (Å²) in [5.74, 6) is 0. The number of hydrogen-bond donors (Lipinski definition) is 1. The Morgan fingerprint density at radius 3 is 2.54 bits per heavy atom. The van der Waals surface area contributed by atoms with E-state index in [9.17, 15) is 9.59 Å². The molecule has 0 aliphatic rings. The van der Waals surface area contributed by atoms with Gasteiger partial charge in [-0.05, 0) is 36.5 Å². The minimum Gasteiger partial charge on any atom is -0.381 e. The number of nitrogens with one attached hydrogen (secondary N) is 1. The fraction of sp³-hybridized carbons (Fsp3) is 0.130. The smallest absolute Gasteiger partial charge is 0.197 e. The van der Waals surface area contributed by atoms with E-state index in [2.05, 4.69) is 23.4 Å². The van der Waals surface area contributed by atoms with Crippen LogP contribution >= 0.6 is 11.3 Å². The van der Waals surface area contributed by atoms with Crippen molar-refractivity contribution in [2.75, 3.05) is 25.0 Å². The number of carbonyl (C=O) groups excluding carboxylic acids is 1. The van der Waals surface area contributed by atoms with Crippen molar-refractivity contribution in [2.45, 2.75) is 0 Å². The maximum atomic E-state index is 13.1. The summed E-state index contributed by atoms with van der Waals surface area (Å²) in [5.41, 5.74) is 1.21. The zero-order valence-electron chi connectivity index (χ0n) is 15.6. The van der Waals surface area contributed by atoms with Gasteiger partial charge in [0.05, 0.1) is 10.1 Å². The van der Waals surface area contributed by atoms with Gasteiger partial charge in [-0.3, -0.25) is 9.59 Å². The highest BCUT2D eigenvalue weighted by atomic mass is 32.1. The van der Waals surface area contributed by atoms with Gasteiger partial charge in [-0.1, -0.05) is 24.3 Å². The minimum absolute atomic E-state index is 0.0560. The van der Waals surface area contributed by atoms with Crippen LogP contribution in [0.4, 0.5) is 5.69 Å². The second kappa shape index (κ2) is 9.15. The molecule has 1 N–H and O–H groups in total. The molecule has 0 aliphatic carbocycles. The number of carbonyl (C=O) groups is 1. The van der Waals surface area contributed by atoms with Crippen LogP contribution in [0, 0.1) is 0 Å². The van der Waals surface area contributed by atoms with Gasteiger partial charge in [0, 0.05) is 41.0 Å². The van der Waals surface area contributed by atoms with Crippen molar-refractivity contribution in [3.8, 4) is 0 Å². The molecule has 0 spiro atoms. The normalized spacial score (nSPS) is 11.0. The van der Waals surface area contributed by atoms with Crippen LogP contribution in [0.5, 0.6) is 0 Å². The van der Waals surface area contributed by atoms with Crippen LogP contribution in [0.2, 0.25) is 0 Å². The van der Waals surface area contributed by atoms with Crippen LogP contribution in [0.3, 0.4) is 0 Å². The molecule has 5 heteroatoms. The van der Waals surface area contributed by atoms with Crippen molar-refractivity contribution in [1.29, 1.82) is 0 Å². The molecule has 0 aliphatic heterocycles. The van der Waals surface area contributed by atoms with E-state index in [0.29, 0.717) is 27.6 Å². The van der Waals surface area contributed by atoms with Gasteiger partial charge in [-0.2, -0.15) is 0 Å². The molecule has 3 rings (SSSR count). The van der Waals surface area contributed by atoms with Crippen molar-refractivity contribution >= 4 is 43.5 Å². The van der Waals surface area contributed by atoms with E-state index < -0.39 is 0 Å². The third kappa shape index (κ3) is 4.05. The fourth-order valence-corrected chi connectivity index (χ4v) is 4.24. The van der Waals surface area contributed by atoms with E-state index in [1.165, 1.54) is 11.3 Å². The molecule has 3 aromatic rings. The lowest BCUT2D eigenvalue weighted by molar-refractivity contribution is 0.112. The summed E-state index contributed by atoms with van der Waals surface area (Å²) < 4.78 is 1.59. The molecule has 4 nitrogen and oxygen atoms in total. The van der Waals surface area contributed by atoms with Gasteiger partial charge in [-0.25, -0.2) is 0 Å². The second-order valence-corrected chi connectivity index (χ2v) is 7.30. The molecule has 2 aromatic carbocycles. The van der Waals surface area contributed by atoms with Crippen LogP contribution < -0.4 is 10.7 Å². The molecule has 1 heterocycles. The van der Waals surface area contributed by atoms with Crippen LogP contribution in [-0.4, -0.2) is 30.8 Å². The first-order valence-corrected chi connectivity index (χ1v) is 9.81. The molecule has 0 atom stereocenters. The lowest BCUT2D eigenvalue weighted by Crippen LogP contribution is -2.17. The number of hydrogen-bond acceptors (Lipinski definition) is 5. The van der Waals surface area contributed by atoms with Gasteiger partial charge in [-0.15, -0.1) is 24.5 Å². The summed E-state index contributed by atoms with van der Waals surface area (Å²) in [6, 6.07) is 11.0. The average Bonchev–Trinajstić information content (AvgIpc) is 2.71. The zero-order valence-corrected chi connectivity index (χ0v) is 16.4. The monoisotopic (exact) mass is 390 g/mol. The lowest BCUT2D eigenvalue weighted by Gasteiger charge is -2.16. The van der Waals surface area contributed by atoms with Crippen molar-refractivity contribution < 1.29 is 4.79 Å². The van der Waals surface area contributed by atoms with Crippen LogP contribution in [0.1, 0.15) is 10.4 Å². The van der Waals surface area contributed by atoms with Crippen molar-refractivity contribution in [3.63, 3.8) is 0 Å². The highest BCUT2D eigenvalue weighted by Crippen LogP contribution is 2.31. The Kier molecular flexibility index (Phi) is 6.40. The first kappa shape index (κ1) is 19.6. The van der Waals surface area contributed by atoms with E-state index in [-0.39, 0.29) is 5.43 Å². The topological polar surface area (TPSA) is 49.4 Å². The first-order valence-electron chi connectivity index (χ1n) is 8.99. The average molecular weight is 391 g/mol. The van der Waals surface area contributed by atoms with E-state index in [1.807, 2.05) is 48.7 Å². The van der Waals surface area contributed by atoms with Gasteiger partial charge >= 0.3 is 0 Å². The van der Waals surface area contributed by atoms with Crippen molar-refractivity contribution in [2.24, 2.45) is 0 Å². The molecule has 0 unspecified atom stereocenters. The molecule has 0 bridgehead atoms. The quantitative estimate of drug-likeness (QED) is 0.323. The molecule has 0 fully saturated rings. The first-order chi connectivity index (χ1) is 13.7. The molecular formula is C23H22N2O2S.